The van der Waals surface area contributed by atoms with Crippen LogP contribution in [-0.4, -0.2) is 24.4 Å². The van der Waals surface area contributed by atoms with Gasteiger partial charge in [0.05, 0.1) is 0 Å². The number of ether oxygens (including phenoxy) is 1. The van der Waals surface area contributed by atoms with Crippen molar-refractivity contribution in [2.45, 2.75) is 6.92 Å². The van der Waals surface area contributed by atoms with Gasteiger partial charge in [0.15, 0.2) is 6.61 Å². The Balaban J connectivity index is 1.63. The van der Waals surface area contributed by atoms with E-state index in [9.17, 15) is 14.4 Å². The number of nitrogens with one attached hydrogen (secondary N) is 2. The molecule has 6 heteroatoms. The van der Waals surface area contributed by atoms with Gasteiger partial charge in [-0.15, -0.1) is 0 Å². The largest absolute Gasteiger partial charge is 0.451 e. The highest BCUT2D eigenvalue weighted by Crippen LogP contribution is 2.18. The predicted molar refractivity (Wildman–Crippen MR) is 112 cm³/mol. The monoisotopic (exact) mass is 388 g/mol. The Bertz CT molecular complexity index is 1070. The lowest BCUT2D eigenvalue weighted by molar-refractivity contribution is -0.144. The maximum absolute atomic E-state index is 12.3. The summed E-state index contributed by atoms with van der Waals surface area (Å²) in [5, 5.41) is 7.18. The van der Waals surface area contributed by atoms with E-state index in [4.69, 9.17) is 4.74 Å². The maximum atomic E-state index is 12.3. The first-order valence-electron chi connectivity index (χ1n) is 9.01. The first-order valence-corrected chi connectivity index (χ1v) is 9.01. The maximum Gasteiger partial charge on any atom is 0.355 e. The lowest BCUT2D eigenvalue weighted by atomic mass is 10.1. The molecule has 0 spiro atoms. The molecule has 0 saturated heterocycles. The summed E-state index contributed by atoms with van der Waals surface area (Å²) in [4.78, 5) is 35.9. The molecule has 0 fully saturated rings. The summed E-state index contributed by atoms with van der Waals surface area (Å²) < 4.78 is 5.06. The molecule has 3 aromatic rings. The highest BCUT2D eigenvalue weighted by molar-refractivity contribution is 6.00. The van der Waals surface area contributed by atoms with Crippen molar-refractivity contribution in [2.75, 3.05) is 11.9 Å². The van der Waals surface area contributed by atoms with E-state index in [0.717, 1.165) is 10.8 Å². The van der Waals surface area contributed by atoms with Crippen LogP contribution in [0.3, 0.4) is 0 Å². The van der Waals surface area contributed by atoms with Gasteiger partial charge in [-0.05, 0) is 34.5 Å². The van der Waals surface area contributed by atoms with Gasteiger partial charge in [0.1, 0.15) is 5.70 Å². The molecule has 3 aromatic carbocycles. The third-order valence-electron chi connectivity index (χ3n) is 4.01. The zero-order chi connectivity index (χ0) is 20.6. The van der Waals surface area contributed by atoms with Crippen molar-refractivity contribution in [1.82, 2.24) is 5.32 Å². The van der Waals surface area contributed by atoms with Gasteiger partial charge in [-0.25, -0.2) is 4.79 Å². The first-order chi connectivity index (χ1) is 14.0. The molecular weight excluding hydrogens is 368 g/mol. The van der Waals surface area contributed by atoms with Crippen LogP contribution in [0, 0.1) is 0 Å². The van der Waals surface area contributed by atoms with Gasteiger partial charge in [0.2, 0.25) is 5.91 Å². The molecule has 2 N–H and O–H groups in total. The fourth-order valence-electron chi connectivity index (χ4n) is 2.72. The number of hydrogen-bond acceptors (Lipinski definition) is 4. The Morgan fingerprint density at radius 1 is 0.897 bits per heavy atom. The second-order valence-electron chi connectivity index (χ2n) is 6.34. The molecule has 0 aliphatic carbocycles. The van der Waals surface area contributed by atoms with Crippen molar-refractivity contribution in [3.05, 3.63) is 84.1 Å². The van der Waals surface area contributed by atoms with E-state index in [-0.39, 0.29) is 5.70 Å². The molecule has 3 rings (SSSR count). The van der Waals surface area contributed by atoms with Crippen LogP contribution in [0.5, 0.6) is 0 Å². The van der Waals surface area contributed by atoms with Crippen molar-refractivity contribution in [3.63, 3.8) is 0 Å². The molecular formula is C23H20N2O4. The van der Waals surface area contributed by atoms with Crippen LogP contribution in [0.1, 0.15) is 12.5 Å². The number of fused-ring (bicyclic) bond motifs is 1. The van der Waals surface area contributed by atoms with Gasteiger partial charge >= 0.3 is 5.97 Å². The lowest BCUT2D eigenvalue weighted by Gasteiger charge is -2.10. The fraction of sp³-hybridized carbons (Fsp3) is 0.0870. The van der Waals surface area contributed by atoms with Crippen molar-refractivity contribution >= 4 is 40.3 Å². The van der Waals surface area contributed by atoms with E-state index in [2.05, 4.69) is 10.6 Å². The van der Waals surface area contributed by atoms with Crippen molar-refractivity contribution in [1.29, 1.82) is 0 Å². The number of carbonyl (C=O) groups is 3. The third-order valence-corrected chi connectivity index (χ3v) is 4.01. The second-order valence-corrected chi connectivity index (χ2v) is 6.34. The first kappa shape index (κ1) is 19.8. The molecule has 0 aromatic heterocycles. The normalized spacial score (nSPS) is 11.0. The minimum absolute atomic E-state index is 0.0396. The Morgan fingerprint density at radius 2 is 1.59 bits per heavy atom. The Morgan fingerprint density at radius 3 is 2.31 bits per heavy atom. The van der Waals surface area contributed by atoms with E-state index in [0.29, 0.717) is 11.3 Å². The third kappa shape index (κ3) is 5.77. The van der Waals surface area contributed by atoms with E-state index >= 15 is 0 Å². The SMILES string of the molecule is CC(=O)N/C(=C\c1ccccc1)C(=O)OCC(=O)Nc1ccc2ccccc2c1. The van der Waals surface area contributed by atoms with Gasteiger partial charge < -0.3 is 15.4 Å². The Hall–Kier alpha value is -3.93. The van der Waals surface area contributed by atoms with Crippen molar-refractivity contribution < 1.29 is 19.1 Å². The van der Waals surface area contributed by atoms with E-state index in [1.165, 1.54) is 13.0 Å². The van der Waals surface area contributed by atoms with Crippen molar-refractivity contribution in [2.24, 2.45) is 0 Å². The summed E-state index contributed by atoms with van der Waals surface area (Å²) in [6, 6.07) is 22.3. The van der Waals surface area contributed by atoms with E-state index in [1.54, 1.807) is 30.3 Å². The molecule has 0 atom stereocenters. The van der Waals surface area contributed by atoms with Gasteiger partial charge in [0, 0.05) is 12.6 Å². The Labute approximate surface area is 168 Å². The quantitative estimate of drug-likeness (QED) is 0.500. The van der Waals surface area contributed by atoms with Crippen molar-refractivity contribution in [3.8, 4) is 0 Å². The van der Waals surface area contributed by atoms with Gasteiger partial charge in [-0.2, -0.15) is 0 Å². The van der Waals surface area contributed by atoms with Gasteiger partial charge in [0.25, 0.3) is 5.91 Å². The number of carbonyl (C=O) groups excluding carboxylic acids is 3. The number of amides is 2. The molecule has 0 bridgehead atoms. The molecule has 0 aliphatic heterocycles. The molecule has 2 amide bonds. The van der Waals surface area contributed by atoms with Crippen LogP contribution in [0.15, 0.2) is 78.5 Å². The average molecular weight is 388 g/mol. The molecule has 29 heavy (non-hydrogen) atoms. The molecule has 0 unspecified atom stereocenters. The molecule has 146 valence electrons. The average Bonchev–Trinajstić information content (AvgIpc) is 2.72. The summed E-state index contributed by atoms with van der Waals surface area (Å²) in [6.45, 7) is 0.815. The summed E-state index contributed by atoms with van der Waals surface area (Å²) in [7, 11) is 0. The number of esters is 1. The summed E-state index contributed by atoms with van der Waals surface area (Å²) in [5.41, 5.74) is 1.28. The number of rotatable bonds is 6. The van der Waals surface area contributed by atoms with Gasteiger partial charge in [-0.1, -0.05) is 60.7 Å². The highest BCUT2D eigenvalue weighted by atomic mass is 16.5. The fourth-order valence-corrected chi connectivity index (χ4v) is 2.72. The van der Waals surface area contributed by atoms with Gasteiger partial charge in [-0.3, -0.25) is 9.59 Å². The molecule has 0 radical (unpaired) electrons. The van der Waals surface area contributed by atoms with Crippen LogP contribution in [-0.2, 0) is 19.1 Å². The Kier molecular flexibility index (Phi) is 6.37. The topological polar surface area (TPSA) is 84.5 Å². The molecule has 0 aliphatic rings. The van der Waals surface area contributed by atoms with Crippen LogP contribution in [0.4, 0.5) is 5.69 Å². The summed E-state index contributed by atoms with van der Waals surface area (Å²) in [5.74, 6) is -1.68. The number of benzene rings is 3. The smallest absolute Gasteiger partial charge is 0.355 e. The molecule has 6 nitrogen and oxygen atoms in total. The zero-order valence-corrected chi connectivity index (χ0v) is 15.8. The van der Waals surface area contributed by atoms with Crippen LogP contribution in [0.25, 0.3) is 16.8 Å². The summed E-state index contributed by atoms with van der Waals surface area (Å²) in [6.07, 6.45) is 1.49. The van der Waals surface area contributed by atoms with E-state index in [1.807, 2.05) is 42.5 Å². The van der Waals surface area contributed by atoms with Crippen LogP contribution in [0.2, 0.25) is 0 Å². The number of hydrogen-bond donors (Lipinski definition) is 2. The zero-order valence-electron chi connectivity index (χ0n) is 15.8. The molecule has 0 heterocycles. The highest BCUT2D eigenvalue weighted by Gasteiger charge is 2.15. The second kappa shape index (κ2) is 9.32. The molecule has 0 saturated carbocycles. The van der Waals surface area contributed by atoms with Crippen LogP contribution < -0.4 is 10.6 Å². The van der Waals surface area contributed by atoms with E-state index < -0.39 is 24.4 Å². The lowest BCUT2D eigenvalue weighted by Crippen LogP contribution is -2.28. The standard InChI is InChI=1S/C23H20N2O4/c1-16(26)24-21(13-17-7-3-2-4-8-17)23(28)29-15-22(27)25-20-12-11-18-9-5-6-10-19(18)14-20/h2-14H,15H2,1H3,(H,24,26)(H,25,27)/b21-13-. The minimum atomic E-state index is -0.794. The van der Waals surface area contributed by atoms with Crippen LogP contribution >= 0.6 is 0 Å². The summed E-state index contributed by atoms with van der Waals surface area (Å²) >= 11 is 0. The predicted octanol–water partition coefficient (Wildman–Crippen LogP) is 3.50. The minimum Gasteiger partial charge on any atom is -0.451 e. The number of anilines is 1.